The molecule has 0 spiro atoms. The highest BCUT2D eigenvalue weighted by atomic mass is 35.5. The zero-order valence-corrected chi connectivity index (χ0v) is 14.3. The standard InChI is InChI=1S/C12H5Cl2F6N5S/c13-6-1-5(11(15,16)17)4(2-21)8(14)9(6)24-25-10(22)7(3-23-25)26-12(18,19)20/h1,3,24H,22H2. The van der Waals surface area contributed by atoms with Crippen molar-refractivity contribution in [3.8, 4) is 6.07 Å². The van der Waals surface area contributed by atoms with Crippen LogP contribution in [0.15, 0.2) is 17.2 Å². The van der Waals surface area contributed by atoms with Crippen molar-refractivity contribution in [2.75, 3.05) is 11.2 Å². The lowest BCUT2D eigenvalue weighted by molar-refractivity contribution is -0.137. The summed E-state index contributed by atoms with van der Waals surface area (Å²) in [5.74, 6) is -0.488. The monoisotopic (exact) mass is 435 g/mol. The number of hydrogen-bond donors (Lipinski definition) is 2. The molecule has 1 heterocycles. The molecule has 0 aliphatic rings. The largest absolute Gasteiger partial charge is 0.446 e. The van der Waals surface area contributed by atoms with E-state index in [-0.39, 0.29) is 5.69 Å². The number of nitriles is 1. The predicted molar refractivity (Wildman–Crippen MR) is 83.8 cm³/mol. The summed E-state index contributed by atoms with van der Waals surface area (Å²) in [5.41, 5.74) is 0.522. The molecule has 0 fully saturated rings. The van der Waals surface area contributed by atoms with Gasteiger partial charge in [-0.2, -0.15) is 41.5 Å². The number of nitrogen functional groups attached to an aromatic ring is 1. The van der Waals surface area contributed by atoms with Crippen molar-refractivity contribution in [2.45, 2.75) is 16.6 Å². The number of hydrogen-bond acceptors (Lipinski definition) is 5. The molecular formula is C12H5Cl2F6N5S. The van der Waals surface area contributed by atoms with Crippen molar-refractivity contribution in [3.05, 3.63) is 33.4 Å². The Morgan fingerprint density at radius 2 is 1.85 bits per heavy atom. The van der Waals surface area contributed by atoms with E-state index in [0.717, 1.165) is 6.20 Å². The van der Waals surface area contributed by atoms with Gasteiger partial charge in [-0.1, -0.05) is 23.2 Å². The lowest BCUT2D eigenvalue weighted by atomic mass is 10.1. The second kappa shape index (κ2) is 6.98. The van der Waals surface area contributed by atoms with E-state index in [1.807, 2.05) is 0 Å². The zero-order valence-electron chi connectivity index (χ0n) is 12.0. The maximum atomic E-state index is 12.9. The first-order chi connectivity index (χ1) is 11.8. The Bertz CT molecular complexity index is 886. The number of thioether (sulfide) groups is 1. The maximum Gasteiger partial charge on any atom is 0.446 e. The van der Waals surface area contributed by atoms with E-state index in [4.69, 9.17) is 34.2 Å². The molecule has 1 aromatic carbocycles. The van der Waals surface area contributed by atoms with Crippen LogP contribution in [-0.2, 0) is 6.18 Å². The van der Waals surface area contributed by atoms with Gasteiger partial charge in [-0.3, -0.25) is 5.43 Å². The number of anilines is 2. The molecule has 0 aliphatic heterocycles. The summed E-state index contributed by atoms with van der Waals surface area (Å²) in [6.07, 6.45) is -4.10. The minimum atomic E-state index is -4.89. The second-order valence-electron chi connectivity index (χ2n) is 4.54. The van der Waals surface area contributed by atoms with E-state index >= 15 is 0 Å². The molecule has 0 saturated carbocycles. The molecule has 140 valence electrons. The van der Waals surface area contributed by atoms with Crippen LogP contribution in [0.25, 0.3) is 0 Å². The van der Waals surface area contributed by atoms with Crippen LogP contribution in [0.5, 0.6) is 0 Å². The smallest absolute Gasteiger partial charge is 0.381 e. The first-order valence-electron chi connectivity index (χ1n) is 6.20. The number of halogens is 8. The number of rotatable bonds is 3. The molecular weight excluding hydrogens is 431 g/mol. The van der Waals surface area contributed by atoms with Crippen LogP contribution in [0.4, 0.5) is 37.8 Å². The van der Waals surface area contributed by atoms with Crippen LogP contribution in [0.1, 0.15) is 11.1 Å². The number of nitrogens with two attached hydrogens (primary N) is 1. The Hall–Kier alpha value is -1.97. The lowest BCUT2D eigenvalue weighted by Gasteiger charge is -2.16. The minimum absolute atomic E-state index is 0.378. The SMILES string of the molecule is N#Cc1c(C(F)(F)F)cc(Cl)c(Nn2ncc(SC(F)(F)F)c2N)c1Cl. The summed E-state index contributed by atoms with van der Waals surface area (Å²) in [6.45, 7) is 0. The molecule has 0 unspecified atom stereocenters. The number of aromatic nitrogens is 2. The Labute approximate surface area is 155 Å². The fraction of sp³-hybridized carbons (Fsp3) is 0.167. The molecule has 1 aromatic heterocycles. The highest BCUT2D eigenvalue weighted by Crippen LogP contribution is 2.43. The van der Waals surface area contributed by atoms with Gasteiger partial charge in [0.2, 0.25) is 0 Å². The topological polar surface area (TPSA) is 79.7 Å². The quantitative estimate of drug-likeness (QED) is 0.514. The van der Waals surface area contributed by atoms with Gasteiger partial charge in [-0.25, -0.2) is 0 Å². The normalized spacial score (nSPS) is 12.1. The summed E-state index contributed by atoms with van der Waals surface area (Å²) in [6, 6.07) is 1.77. The van der Waals surface area contributed by atoms with Crippen molar-refractivity contribution in [1.82, 2.24) is 9.89 Å². The van der Waals surface area contributed by atoms with E-state index in [0.29, 0.717) is 10.9 Å². The fourth-order valence-electron chi connectivity index (χ4n) is 1.80. The number of nitrogens with zero attached hydrogens (tertiary/aromatic N) is 3. The van der Waals surface area contributed by atoms with Gasteiger partial charge in [-0.05, 0) is 17.8 Å². The number of alkyl halides is 6. The molecule has 0 aliphatic carbocycles. The van der Waals surface area contributed by atoms with E-state index in [1.165, 1.54) is 6.07 Å². The molecule has 26 heavy (non-hydrogen) atoms. The van der Waals surface area contributed by atoms with Crippen LogP contribution in [0.2, 0.25) is 10.0 Å². The highest BCUT2D eigenvalue weighted by Gasteiger charge is 2.36. The summed E-state index contributed by atoms with van der Waals surface area (Å²) < 4.78 is 76.0. The minimum Gasteiger partial charge on any atom is -0.381 e. The molecule has 0 bridgehead atoms. The van der Waals surface area contributed by atoms with Crippen LogP contribution in [0, 0.1) is 11.3 Å². The van der Waals surface area contributed by atoms with Gasteiger partial charge in [0.05, 0.1) is 38.0 Å². The van der Waals surface area contributed by atoms with Gasteiger partial charge >= 0.3 is 11.7 Å². The third-order valence-electron chi connectivity index (χ3n) is 2.85. The molecule has 14 heteroatoms. The fourth-order valence-corrected chi connectivity index (χ4v) is 2.92. The van der Waals surface area contributed by atoms with Crippen molar-refractivity contribution in [3.63, 3.8) is 0 Å². The van der Waals surface area contributed by atoms with Gasteiger partial charge in [0.15, 0.2) is 5.82 Å². The van der Waals surface area contributed by atoms with Gasteiger partial charge in [-0.15, -0.1) is 0 Å². The van der Waals surface area contributed by atoms with Gasteiger partial charge in [0, 0.05) is 0 Å². The van der Waals surface area contributed by atoms with Crippen molar-refractivity contribution in [1.29, 1.82) is 5.26 Å². The summed E-state index contributed by atoms with van der Waals surface area (Å²) in [7, 11) is 0. The third kappa shape index (κ3) is 4.22. The number of nitrogens with one attached hydrogen (secondary N) is 1. The van der Waals surface area contributed by atoms with E-state index < -0.39 is 55.3 Å². The van der Waals surface area contributed by atoms with Crippen LogP contribution in [-0.4, -0.2) is 15.4 Å². The lowest BCUT2D eigenvalue weighted by Crippen LogP contribution is -2.16. The third-order valence-corrected chi connectivity index (χ3v) is 4.29. The average molecular weight is 436 g/mol. The molecule has 5 nitrogen and oxygen atoms in total. The summed E-state index contributed by atoms with van der Waals surface area (Å²) in [5, 5.41) is 11.3. The molecule has 2 aromatic rings. The average Bonchev–Trinajstić information content (AvgIpc) is 2.81. The highest BCUT2D eigenvalue weighted by molar-refractivity contribution is 8.00. The first kappa shape index (κ1) is 20.3. The van der Waals surface area contributed by atoms with Gasteiger partial charge < -0.3 is 5.73 Å². The van der Waals surface area contributed by atoms with Gasteiger partial charge in [0.1, 0.15) is 6.07 Å². The maximum absolute atomic E-state index is 12.9. The number of benzene rings is 1. The Balaban J connectivity index is 2.48. The van der Waals surface area contributed by atoms with Crippen LogP contribution in [0.3, 0.4) is 0 Å². The van der Waals surface area contributed by atoms with Crippen molar-refractivity contribution in [2.24, 2.45) is 0 Å². The van der Waals surface area contributed by atoms with Crippen LogP contribution >= 0.6 is 35.0 Å². The molecule has 0 radical (unpaired) electrons. The Kier molecular flexibility index (Phi) is 5.46. The van der Waals surface area contributed by atoms with Crippen molar-refractivity contribution >= 4 is 46.5 Å². The van der Waals surface area contributed by atoms with Gasteiger partial charge in [0.25, 0.3) is 0 Å². The molecule has 0 amide bonds. The predicted octanol–water partition coefficient (Wildman–Crippen LogP) is 5.15. The first-order valence-corrected chi connectivity index (χ1v) is 7.78. The second-order valence-corrected chi connectivity index (χ2v) is 6.44. The Morgan fingerprint density at radius 1 is 1.23 bits per heavy atom. The molecule has 3 N–H and O–H groups in total. The van der Waals surface area contributed by atoms with Crippen LogP contribution < -0.4 is 11.2 Å². The molecule has 2 rings (SSSR count). The Morgan fingerprint density at radius 3 is 2.35 bits per heavy atom. The van der Waals surface area contributed by atoms with E-state index in [2.05, 4.69) is 10.5 Å². The molecule has 0 saturated heterocycles. The summed E-state index contributed by atoms with van der Waals surface area (Å²) >= 11 is 11.0. The van der Waals surface area contributed by atoms with E-state index in [1.54, 1.807) is 0 Å². The summed E-state index contributed by atoms with van der Waals surface area (Å²) in [4.78, 5) is 0.180. The van der Waals surface area contributed by atoms with E-state index in [9.17, 15) is 26.3 Å². The molecule has 0 atom stereocenters. The van der Waals surface area contributed by atoms with Crippen molar-refractivity contribution < 1.29 is 26.3 Å². The zero-order chi connectivity index (χ0) is 19.9.